The van der Waals surface area contributed by atoms with E-state index in [1.165, 1.54) is 6.08 Å². The summed E-state index contributed by atoms with van der Waals surface area (Å²) in [7, 11) is 4.00. The largest absolute Gasteiger partial charge is 0.507 e. The Morgan fingerprint density at radius 1 is 0.727 bits per heavy atom. The van der Waals surface area contributed by atoms with Gasteiger partial charge in [0.1, 0.15) is 17.1 Å². The first-order valence-corrected chi connectivity index (χ1v) is 11.3. The number of phenols is 1. The first-order valence-electron chi connectivity index (χ1n) is 11.3. The van der Waals surface area contributed by atoms with Gasteiger partial charge in [-0.1, -0.05) is 36.4 Å². The highest BCUT2D eigenvalue weighted by atomic mass is 16.3. The Hall–Kier alpha value is -3.74. The summed E-state index contributed by atoms with van der Waals surface area (Å²) in [5.74, 6) is 0.365. The normalized spacial score (nSPS) is 18.6. The van der Waals surface area contributed by atoms with Crippen LogP contribution in [0.3, 0.4) is 0 Å². The highest BCUT2D eigenvalue weighted by Crippen LogP contribution is 2.35. The summed E-state index contributed by atoms with van der Waals surface area (Å²) >= 11 is 0. The van der Waals surface area contributed by atoms with Crippen LogP contribution in [0.15, 0.2) is 71.7 Å². The first kappa shape index (κ1) is 21.1. The molecule has 0 amide bonds. The van der Waals surface area contributed by atoms with Crippen LogP contribution >= 0.6 is 0 Å². The van der Waals surface area contributed by atoms with Gasteiger partial charge in [-0.25, -0.2) is 0 Å². The Kier molecular flexibility index (Phi) is 5.32. The summed E-state index contributed by atoms with van der Waals surface area (Å²) in [5.41, 5.74) is 4.90. The molecule has 1 N–H and O–H groups in total. The van der Waals surface area contributed by atoms with E-state index in [0.29, 0.717) is 22.8 Å². The van der Waals surface area contributed by atoms with Crippen LogP contribution in [-0.2, 0) is 9.59 Å². The summed E-state index contributed by atoms with van der Waals surface area (Å²) in [6.07, 6.45) is 1.52. The molecule has 3 fully saturated rings. The number of carbonyl (C=O) groups is 2. The summed E-state index contributed by atoms with van der Waals surface area (Å²) in [6.45, 7) is 5.41. The Morgan fingerprint density at radius 3 is 1.85 bits per heavy atom. The number of allylic oxidation sites excluding steroid dienone is 1. The number of rotatable bonds is 5. The number of Topliss-reactive ketones (excluding diaryl/α,β-unsaturated/α-hetero) is 1. The van der Waals surface area contributed by atoms with E-state index in [1.807, 2.05) is 76.2 Å². The maximum atomic E-state index is 12.4. The van der Waals surface area contributed by atoms with Crippen molar-refractivity contribution in [1.82, 2.24) is 14.7 Å². The molecule has 7 heteroatoms. The lowest BCUT2D eigenvalue weighted by Gasteiger charge is -2.21. The minimum Gasteiger partial charge on any atom is -0.507 e. The number of hydrogen-bond donors (Lipinski definition) is 1. The maximum Gasteiger partial charge on any atom is 0.227 e. The molecule has 170 valence electrons. The van der Waals surface area contributed by atoms with Crippen molar-refractivity contribution in [1.29, 1.82) is 0 Å². The van der Waals surface area contributed by atoms with E-state index >= 15 is 0 Å². The first-order chi connectivity index (χ1) is 16.0. The zero-order chi connectivity index (χ0) is 23.1. The molecule has 3 aliphatic heterocycles. The molecule has 0 aromatic heterocycles. The molecule has 2 aromatic carbocycles. The number of anilines is 1. The fourth-order valence-electron chi connectivity index (χ4n) is 4.07. The average Bonchev–Trinajstić information content (AvgIpc) is 3.62. The van der Waals surface area contributed by atoms with E-state index in [-0.39, 0.29) is 11.6 Å². The van der Waals surface area contributed by atoms with E-state index in [4.69, 9.17) is 0 Å². The molecular weight excluding hydrogens is 416 g/mol. The van der Waals surface area contributed by atoms with Gasteiger partial charge >= 0.3 is 0 Å². The molecule has 0 saturated carbocycles. The summed E-state index contributed by atoms with van der Waals surface area (Å²) in [4.78, 5) is 32.5. The molecule has 0 spiro atoms. The van der Waals surface area contributed by atoms with Crippen LogP contribution in [-0.4, -0.2) is 84.7 Å². The van der Waals surface area contributed by atoms with Gasteiger partial charge in [-0.2, -0.15) is 0 Å². The third-order valence-corrected chi connectivity index (χ3v) is 6.07. The zero-order valence-electron chi connectivity index (χ0n) is 19.0. The Balaban J connectivity index is 0.000000139. The Bertz CT molecular complexity index is 1170. The monoisotopic (exact) mass is 444 g/mol. The van der Waals surface area contributed by atoms with Crippen LogP contribution in [0, 0.1) is 0 Å². The van der Waals surface area contributed by atoms with Crippen LogP contribution in [0.2, 0.25) is 0 Å². The van der Waals surface area contributed by atoms with Gasteiger partial charge in [0.05, 0.1) is 5.70 Å². The van der Waals surface area contributed by atoms with Crippen molar-refractivity contribution >= 4 is 17.3 Å². The van der Waals surface area contributed by atoms with E-state index in [2.05, 4.69) is 0 Å². The smallest absolute Gasteiger partial charge is 0.227 e. The summed E-state index contributed by atoms with van der Waals surface area (Å²) in [6, 6.07) is 15.4. The molecule has 6 rings (SSSR count). The SMILES string of the molecule is CN(C)c1ccccc1-c1ccccc1O.O=C1C=C(N2CC2)C(=O)C(N2CC2)=C1N1CC1. The molecule has 0 unspecified atom stereocenters. The second kappa shape index (κ2) is 8.31. The van der Waals surface area contributed by atoms with Gasteiger partial charge in [0.15, 0.2) is 0 Å². The van der Waals surface area contributed by atoms with Crippen molar-refractivity contribution < 1.29 is 14.7 Å². The quantitative estimate of drug-likeness (QED) is 0.561. The van der Waals surface area contributed by atoms with Gasteiger partial charge in [0, 0.05) is 76.3 Å². The van der Waals surface area contributed by atoms with Gasteiger partial charge in [-0.05, 0) is 12.1 Å². The maximum absolute atomic E-state index is 12.4. The molecule has 7 nitrogen and oxygen atoms in total. The molecule has 3 saturated heterocycles. The second-order valence-corrected chi connectivity index (χ2v) is 8.81. The Labute approximate surface area is 193 Å². The van der Waals surface area contributed by atoms with Gasteiger partial charge in [0.25, 0.3) is 0 Å². The van der Waals surface area contributed by atoms with E-state index in [9.17, 15) is 14.7 Å². The van der Waals surface area contributed by atoms with Crippen LogP contribution in [0.1, 0.15) is 0 Å². The van der Waals surface area contributed by atoms with Crippen molar-refractivity contribution in [3.05, 3.63) is 71.7 Å². The number of aromatic hydroxyl groups is 1. The van der Waals surface area contributed by atoms with Crippen molar-refractivity contribution in [2.45, 2.75) is 0 Å². The lowest BCUT2D eigenvalue weighted by atomic mass is 10.0. The lowest BCUT2D eigenvalue weighted by molar-refractivity contribution is -0.117. The second-order valence-electron chi connectivity index (χ2n) is 8.81. The number of hydrogen-bond acceptors (Lipinski definition) is 7. The third kappa shape index (κ3) is 4.31. The van der Waals surface area contributed by atoms with Crippen LogP contribution in [0.5, 0.6) is 5.75 Å². The fraction of sp³-hybridized carbons (Fsp3) is 0.308. The minimum absolute atomic E-state index is 0.00546. The predicted octanol–water partition coefficient (Wildman–Crippen LogP) is 2.31. The number of ketones is 2. The van der Waals surface area contributed by atoms with Crippen molar-refractivity contribution in [3.63, 3.8) is 0 Å². The fourth-order valence-corrected chi connectivity index (χ4v) is 4.07. The Morgan fingerprint density at radius 2 is 1.27 bits per heavy atom. The van der Waals surface area contributed by atoms with Gasteiger partial charge in [-0.3, -0.25) is 9.59 Å². The summed E-state index contributed by atoms with van der Waals surface area (Å²) < 4.78 is 0. The highest BCUT2D eigenvalue weighted by Gasteiger charge is 2.43. The number of benzene rings is 2. The lowest BCUT2D eigenvalue weighted by Crippen LogP contribution is -2.29. The van der Waals surface area contributed by atoms with E-state index in [1.54, 1.807) is 6.07 Å². The zero-order valence-corrected chi connectivity index (χ0v) is 19.0. The van der Waals surface area contributed by atoms with Crippen molar-refractivity contribution in [3.8, 4) is 16.9 Å². The predicted molar refractivity (Wildman–Crippen MR) is 128 cm³/mol. The van der Waals surface area contributed by atoms with E-state index in [0.717, 1.165) is 56.1 Å². The number of nitrogens with zero attached hydrogens (tertiary/aromatic N) is 4. The molecule has 1 aliphatic carbocycles. The van der Waals surface area contributed by atoms with Gasteiger partial charge in [-0.15, -0.1) is 0 Å². The van der Waals surface area contributed by atoms with E-state index < -0.39 is 0 Å². The molecular formula is C26H28N4O3. The standard InChI is InChI=1S/C14H15NO.C12H13N3O2/c1-15(2)13-9-5-3-7-11(13)12-8-4-6-10-14(12)16;16-9-7-8(13-1-2-13)12(17)11(15-5-6-15)10(9)14-3-4-14/h3-10,16H,1-2H3;7H,1-6H2. The molecule has 0 bridgehead atoms. The number of carbonyl (C=O) groups excluding carboxylic acids is 2. The van der Waals surface area contributed by atoms with Crippen LogP contribution < -0.4 is 4.90 Å². The summed E-state index contributed by atoms with van der Waals surface area (Å²) in [5, 5.41) is 9.85. The molecule has 3 heterocycles. The average molecular weight is 445 g/mol. The van der Waals surface area contributed by atoms with Crippen LogP contribution in [0.4, 0.5) is 5.69 Å². The molecule has 33 heavy (non-hydrogen) atoms. The van der Waals surface area contributed by atoms with Crippen molar-refractivity contribution in [2.24, 2.45) is 0 Å². The molecule has 0 atom stereocenters. The topological polar surface area (TPSA) is 66.6 Å². The minimum atomic E-state index is 0.00546. The van der Waals surface area contributed by atoms with Gasteiger partial charge in [0.2, 0.25) is 11.6 Å². The molecule has 4 aliphatic rings. The van der Waals surface area contributed by atoms with Crippen molar-refractivity contribution in [2.75, 3.05) is 58.3 Å². The van der Waals surface area contributed by atoms with Gasteiger partial charge < -0.3 is 24.7 Å². The molecule has 0 radical (unpaired) electrons. The van der Waals surface area contributed by atoms with Crippen LogP contribution in [0.25, 0.3) is 11.1 Å². The third-order valence-electron chi connectivity index (χ3n) is 6.07. The number of phenolic OH excluding ortho intramolecular Hbond substituents is 1. The highest BCUT2D eigenvalue weighted by molar-refractivity contribution is 6.22. The molecule has 2 aromatic rings. The number of para-hydroxylation sites is 2.